The van der Waals surface area contributed by atoms with Gasteiger partial charge in [-0.15, -0.1) is 0 Å². The molecule has 0 bridgehead atoms. The summed E-state index contributed by atoms with van der Waals surface area (Å²) in [6.07, 6.45) is 1.56. The minimum atomic E-state index is -0.349. The fourth-order valence-electron chi connectivity index (χ4n) is 1.68. The van der Waals surface area contributed by atoms with Crippen molar-refractivity contribution in [3.63, 3.8) is 0 Å². The van der Waals surface area contributed by atoms with Crippen molar-refractivity contribution in [2.45, 2.75) is 13.5 Å². The summed E-state index contributed by atoms with van der Waals surface area (Å²) in [7, 11) is 0. The third kappa shape index (κ3) is 3.07. The molecule has 2 rings (SSSR count). The van der Waals surface area contributed by atoms with E-state index in [1.807, 2.05) is 6.92 Å². The summed E-state index contributed by atoms with van der Waals surface area (Å²) in [6, 6.07) is 7.88. The van der Waals surface area contributed by atoms with E-state index in [0.29, 0.717) is 17.0 Å². The normalized spacial score (nSPS) is 10.2. The first-order valence-electron chi connectivity index (χ1n) is 5.75. The van der Waals surface area contributed by atoms with Crippen LogP contribution >= 0.6 is 0 Å². The minimum absolute atomic E-state index is 0.116. The van der Waals surface area contributed by atoms with Crippen molar-refractivity contribution in [3.8, 4) is 5.75 Å². The summed E-state index contributed by atoms with van der Waals surface area (Å²) >= 11 is 0. The standard InChI is InChI=1S/C14H14FN3O/c1-9-4-5-11(15)7-12(9)19-8-10-3-2-6-18-13(10)14(16)17/h2-7H,8H2,1H3,(H3,16,17). The molecule has 98 valence electrons. The molecule has 0 aliphatic carbocycles. The number of aryl methyl sites for hydroxylation is 1. The molecular weight excluding hydrogens is 245 g/mol. The van der Waals surface area contributed by atoms with Crippen LogP contribution in [0.3, 0.4) is 0 Å². The van der Waals surface area contributed by atoms with E-state index in [9.17, 15) is 4.39 Å². The van der Waals surface area contributed by atoms with Crippen molar-refractivity contribution in [3.05, 3.63) is 59.2 Å². The number of halogens is 1. The Morgan fingerprint density at radius 3 is 2.95 bits per heavy atom. The van der Waals surface area contributed by atoms with Crippen LogP contribution in [0, 0.1) is 18.2 Å². The Morgan fingerprint density at radius 1 is 1.42 bits per heavy atom. The van der Waals surface area contributed by atoms with E-state index in [1.54, 1.807) is 24.4 Å². The summed E-state index contributed by atoms with van der Waals surface area (Å²) in [6.45, 7) is 2.02. The number of amidine groups is 1. The van der Waals surface area contributed by atoms with Crippen LogP contribution in [0.15, 0.2) is 36.5 Å². The third-order valence-corrected chi connectivity index (χ3v) is 2.68. The molecule has 0 radical (unpaired) electrons. The van der Waals surface area contributed by atoms with Gasteiger partial charge in [-0.25, -0.2) is 4.39 Å². The molecular formula is C14H14FN3O. The molecule has 0 saturated heterocycles. The van der Waals surface area contributed by atoms with Gasteiger partial charge >= 0.3 is 0 Å². The second kappa shape index (κ2) is 5.48. The molecule has 0 amide bonds. The molecule has 0 aliphatic rings. The highest BCUT2D eigenvalue weighted by atomic mass is 19.1. The molecule has 2 aromatic rings. The van der Waals surface area contributed by atoms with Gasteiger partial charge in [0.25, 0.3) is 0 Å². The molecule has 4 nitrogen and oxygen atoms in total. The van der Waals surface area contributed by atoms with Crippen LogP contribution in [0.4, 0.5) is 4.39 Å². The van der Waals surface area contributed by atoms with Crippen molar-refractivity contribution in [2.24, 2.45) is 5.73 Å². The Balaban J connectivity index is 2.19. The number of hydrogen-bond acceptors (Lipinski definition) is 3. The third-order valence-electron chi connectivity index (χ3n) is 2.68. The second-order valence-electron chi connectivity index (χ2n) is 4.12. The van der Waals surface area contributed by atoms with Gasteiger partial charge in [-0.05, 0) is 24.6 Å². The van der Waals surface area contributed by atoms with Crippen LogP contribution in [-0.2, 0) is 6.61 Å². The maximum Gasteiger partial charge on any atom is 0.142 e. The summed E-state index contributed by atoms with van der Waals surface area (Å²) in [5.74, 6) is 0.00657. The first kappa shape index (κ1) is 13.0. The Labute approximate surface area is 110 Å². The van der Waals surface area contributed by atoms with Crippen LogP contribution in [-0.4, -0.2) is 10.8 Å². The molecule has 3 N–H and O–H groups in total. The first-order chi connectivity index (χ1) is 9.08. The van der Waals surface area contributed by atoms with Crippen molar-refractivity contribution >= 4 is 5.84 Å². The zero-order chi connectivity index (χ0) is 13.8. The SMILES string of the molecule is Cc1ccc(F)cc1OCc1cccnc1C(=N)N. The van der Waals surface area contributed by atoms with Crippen LogP contribution in [0.2, 0.25) is 0 Å². The monoisotopic (exact) mass is 259 g/mol. The van der Waals surface area contributed by atoms with Gasteiger partial charge in [-0.2, -0.15) is 0 Å². The maximum atomic E-state index is 13.1. The van der Waals surface area contributed by atoms with Gasteiger partial charge < -0.3 is 10.5 Å². The van der Waals surface area contributed by atoms with Gasteiger partial charge in [0.15, 0.2) is 0 Å². The number of nitrogens with one attached hydrogen (secondary N) is 1. The van der Waals surface area contributed by atoms with E-state index in [-0.39, 0.29) is 18.3 Å². The molecule has 0 aliphatic heterocycles. The Kier molecular flexibility index (Phi) is 3.75. The number of hydrogen-bond donors (Lipinski definition) is 2. The quantitative estimate of drug-likeness (QED) is 0.654. The number of benzene rings is 1. The summed E-state index contributed by atoms with van der Waals surface area (Å²) in [4.78, 5) is 4.03. The molecule has 0 saturated carbocycles. The lowest BCUT2D eigenvalue weighted by Crippen LogP contribution is -2.16. The van der Waals surface area contributed by atoms with Gasteiger partial charge in [0.1, 0.15) is 29.7 Å². The number of rotatable bonds is 4. The molecule has 1 heterocycles. The lowest BCUT2D eigenvalue weighted by molar-refractivity contribution is 0.301. The highest BCUT2D eigenvalue weighted by Gasteiger charge is 2.08. The summed E-state index contributed by atoms with van der Waals surface area (Å²) < 4.78 is 18.7. The average molecular weight is 259 g/mol. The van der Waals surface area contributed by atoms with E-state index in [2.05, 4.69) is 4.98 Å². The molecule has 0 unspecified atom stereocenters. The number of pyridine rings is 1. The topological polar surface area (TPSA) is 72.0 Å². The molecule has 0 atom stereocenters. The summed E-state index contributed by atoms with van der Waals surface area (Å²) in [5.41, 5.74) is 7.36. The Hall–Kier alpha value is -2.43. The van der Waals surface area contributed by atoms with Crippen LogP contribution in [0.5, 0.6) is 5.75 Å². The number of nitrogen functional groups attached to an aromatic ring is 1. The fourth-order valence-corrected chi connectivity index (χ4v) is 1.68. The molecule has 0 spiro atoms. The smallest absolute Gasteiger partial charge is 0.142 e. The fraction of sp³-hybridized carbons (Fsp3) is 0.143. The number of aromatic nitrogens is 1. The molecule has 1 aromatic carbocycles. The first-order valence-corrected chi connectivity index (χ1v) is 5.75. The van der Waals surface area contributed by atoms with Gasteiger partial charge in [0, 0.05) is 17.8 Å². The van der Waals surface area contributed by atoms with Gasteiger partial charge in [0.2, 0.25) is 0 Å². The Morgan fingerprint density at radius 2 is 2.21 bits per heavy atom. The van der Waals surface area contributed by atoms with Crippen molar-refractivity contribution in [1.82, 2.24) is 4.98 Å². The lowest BCUT2D eigenvalue weighted by Gasteiger charge is -2.11. The predicted octanol–water partition coefficient (Wildman–Crippen LogP) is 2.39. The Bertz CT molecular complexity index is 613. The largest absolute Gasteiger partial charge is 0.488 e. The van der Waals surface area contributed by atoms with E-state index in [4.69, 9.17) is 15.9 Å². The van der Waals surface area contributed by atoms with Crippen molar-refractivity contribution in [2.75, 3.05) is 0 Å². The number of nitrogens with two attached hydrogens (primary N) is 1. The predicted molar refractivity (Wildman–Crippen MR) is 70.7 cm³/mol. The highest BCUT2D eigenvalue weighted by Crippen LogP contribution is 2.20. The van der Waals surface area contributed by atoms with Crippen LogP contribution in [0.1, 0.15) is 16.8 Å². The van der Waals surface area contributed by atoms with Gasteiger partial charge in [0.05, 0.1) is 0 Å². The minimum Gasteiger partial charge on any atom is -0.488 e. The van der Waals surface area contributed by atoms with Crippen molar-refractivity contribution < 1.29 is 9.13 Å². The van der Waals surface area contributed by atoms with Gasteiger partial charge in [-0.1, -0.05) is 12.1 Å². The van der Waals surface area contributed by atoms with Crippen molar-refractivity contribution in [1.29, 1.82) is 5.41 Å². The maximum absolute atomic E-state index is 13.1. The van der Waals surface area contributed by atoms with E-state index >= 15 is 0 Å². The molecule has 1 aromatic heterocycles. The second-order valence-corrected chi connectivity index (χ2v) is 4.12. The number of nitrogens with zero attached hydrogens (tertiary/aromatic N) is 1. The molecule has 19 heavy (non-hydrogen) atoms. The number of ether oxygens (including phenoxy) is 1. The average Bonchev–Trinajstić information content (AvgIpc) is 2.40. The van der Waals surface area contributed by atoms with Crippen LogP contribution < -0.4 is 10.5 Å². The van der Waals surface area contributed by atoms with Gasteiger partial charge in [-0.3, -0.25) is 10.4 Å². The zero-order valence-corrected chi connectivity index (χ0v) is 10.5. The molecule has 5 heteroatoms. The summed E-state index contributed by atoms with van der Waals surface area (Å²) in [5, 5.41) is 7.44. The van der Waals surface area contributed by atoms with E-state index < -0.39 is 0 Å². The lowest BCUT2D eigenvalue weighted by atomic mass is 10.2. The zero-order valence-electron chi connectivity index (χ0n) is 10.5. The van der Waals surface area contributed by atoms with E-state index in [0.717, 1.165) is 5.56 Å². The van der Waals surface area contributed by atoms with Crippen LogP contribution in [0.25, 0.3) is 0 Å². The van der Waals surface area contributed by atoms with E-state index in [1.165, 1.54) is 12.1 Å². The highest BCUT2D eigenvalue weighted by molar-refractivity contribution is 5.94. The molecule has 0 fully saturated rings.